The van der Waals surface area contributed by atoms with Gasteiger partial charge in [-0.2, -0.15) is 0 Å². The lowest BCUT2D eigenvalue weighted by atomic mass is 9.79. The van der Waals surface area contributed by atoms with Crippen molar-refractivity contribution in [3.63, 3.8) is 0 Å². The van der Waals surface area contributed by atoms with Crippen molar-refractivity contribution in [1.82, 2.24) is 9.58 Å². The molecule has 2 aliphatic heterocycles. The van der Waals surface area contributed by atoms with Gasteiger partial charge in [-0.1, -0.05) is 36.4 Å². The summed E-state index contributed by atoms with van der Waals surface area (Å²) in [7, 11) is 1.64. The molecule has 2 aromatic carbocycles. The molecular weight excluding hydrogens is 416 g/mol. The van der Waals surface area contributed by atoms with Gasteiger partial charge in [0.05, 0.1) is 6.04 Å². The molecule has 1 amide bonds. The zero-order chi connectivity index (χ0) is 22.6. The SMILES string of the molecule is CN1C(=O)c2c(O)c(=O)ccn2N2C(c3ccccc3)C(c3ccc(F)c(F)c3)CCC12. The summed E-state index contributed by atoms with van der Waals surface area (Å²) in [5.41, 5.74) is 0.811. The number of hydrogen-bond acceptors (Lipinski definition) is 4. The topological polar surface area (TPSA) is 65.8 Å². The van der Waals surface area contributed by atoms with Crippen molar-refractivity contribution in [2.24, 2.45) is 0 Å². The molecule has 0 saturated carbocycles. The maximum atomic E-state index is 14.1. The molecule has 1 aromatic heterocycles. The maximum Gasteiger partial charge on any atom is 0.277 e. The number of fused-ring (bicyclic) bond motifs is 3. The zero-order valence-electron chi connectivity index (χ0n) is 17.3. The normalized spacial score (nSPS) is 22.5. The van der Waals surface area contributed by atoms with Crippen LogP contribution in [0.25, 0.3) is 0 Å². The van der Waals surface area contributed by atoms with Crippen molar-refractivity contribution < 1.29 is 18.7 Å². The van der Waals surface area contributed by atoms with Crippen LogP contribution in [0.4, 0.5) is 8.78 Å². The van der Waals surface area contributed by atoms with E-state index >= 15 is 0 Å². The first-order valence-corrected chi connectivity index (χ1v) is 10.4. The molecule has 0 radical (unpaired) electrons. The van der Waals surface area contributed by atoms with Crippen LogP contribution < -0.4 is 10.4 Å². The number of hydrogen-bond donors (Lipinski definition) is 1. The van der Waals surface area contributed by atoms with Gasteiger partial charge in [-0.15, -0.1) is 0 Å². The third kappa shape index (κ3) is 2.97. The maximum absolute atomic E-state index is 14.1. The predicted octanol–water partition coefficient (Wildman–Crippen LogP) is 3.50. The van der Waals surface area contributed by atoms with Crippen LogP contribution in [0.15, 0.2) is 65.6 Å². The lowest BCUT2D eigenvalue weighted by Crippen LogP contribution is -2.63. The van der Waals surface area contributed by atoms with Gasteiger partial charge in [-0.25, -0.2) is 8.78 Å². The largest absolute Gasteiger partial charge is 0.502 e. The van der Waals surface area contributed by atoms with Crippen LogP contribution in [-0.2, 0) is 0 Å². The van der Waals surface area contributed by atoms with Gasteiger partial charge in [0, 0.05) is 25.2 Å². The minimum absolute atomic E-state index is 0.108. The van der Waals surface area contributed by atoms with E-state index in [0.717, 1.165) is 11.6 Å². The van der Waals surface area contributed by atoms with Crippen molar-refractivity contribution in [1.29, 1.82) is 0 Å². The number of halogens is 2. The van der Waals surface area contributed by atoms with Crippen molar-refractivity contribution in [3.05, 3.63) is 99.5 Å². The third-order valence-electron chi connectivity index (χ3n) is 6.49. The Labute approximate surface area is 182 Å². The monoisotopic (exact) mass is 437 g/mol. The Bertz CT molecular complexity index is 1260. The zero-order valence-corrected chi connectivity index (χ0v) is 17.3. The summed E-state index contributed by atoms with van der Waals surface area (Å²) >= 11 is 0. The number of aromatic hydroxyl groups is 1. The number of carbonyl (C=O) groups excluding carboxylic acids is 1. The molecule has 6 nitrogen and oxygen atoms in total. The quantitative estimate of drug-likeness (QED) is 0.667. The van der Waals surface area contributed by atoms with Gasteiger partial charge in [0.25, 0.3) is 5.91 Å². The fraction of sp³-hybridized carbons (Fsp3) is 0.250. The highest BCUT2D eigenvalue weighted by Gasteiger charge is 2.46. The van der Waals surface area contributed by atoms with Crippen molar-refractivity contribution in [2.75, 3.05) is 12.1 Å². The molecule has 3 heterocycles. The molecule has 5 rings (SSSR count). The number of pyridine rings is 1. The summed E-state index contributed by atoms with van der Waals surface area (Å²) in [5, 5.41) is 12.4. The molecule has 1 N–H and O–H groups in total. The second-order valence-corrected chi connectivity index (χ2v) is 8.21. The Hall–Kier alpha value is -3.68. The highest BCUT2D eigenvalue weighted by atomic mass is 19.2. The van der Waals surface area contributed by atoms with E-state index in [1.807, 2.05) is 35.3 Å². The number of amides is 1. The minimum atomic E-state index is -0.913. The number of aromatic nitrogens is 1. The lowest BCUT2D eigenvalue weighted by Gasteiger charge is -2.54. The van der Waals surface area contributed by atoms with E-state index < -0.39 is 28.7 Å². The summed E-state index contributed by atoms with van der Waals surface area (Å²) in [6.07, 6.45) is 2.34. The predicted molar refractivity (Wildman–Crippen MR) is 114 cm³/mol. The highest BCUT2D eigenvalue weighted by molar-refractivity contribution is 5.96. The van der Waals surface area contributed by atoms with Gasteiger partial charge in [-0.05, 0) is 36.1 Å². The minimum Gasteiger partial charge on any atom is -0.502 e. The molecule has 1 fully saturated rings. The van der Waals surface area contributed by atoms with Gasteiger partial charge in [0.1, 0.15) is 6.17 Å². The van der Waals surface area contributed by atoms with Crippen molar-refractivity contribution >= 4 is 5.91 Å². The fourth-order valence-corrected chi connectivity index (χ4v) is 4.98. The first-order chi connectivity index (χ1) is 15.4. The van der Waals surface area contributed by atoms with Crippen LogP contribution in [-0.4, -0.2) is 33.8 Å². The van der Waals surface area contributed by atoms with Crippen molar-refractivity contribution in [2.45, 2.75) is 31.0 Å². The van der Waals surface area contributed by atoms with Gasteiger partial charge < -0.3 is 10.0 Å². The fourth-order valence-electron chi connectivity index (χ4n) is 4.98. The first kappa shape index (κ1) is 20.2. The Balaban J connectivity index is 1.74. The second-order valence-electron chi connectivity index (χ2n) is 8.21. The third-order valence-corrected chi connectivity index (χ3v) is 6.49. The number of nitrogens with zero attached hydrogens (tertiary/aromatic N) is 3. The summed E-state index contributed by atoms with van der Waals surface area (Å²) < 4.78 is 29.3. The van der Waals surface area contributed by atoms with Crippen LogP contribution in [0, 0.1) is 11.6 Å². The number of rotatable bonds is 2. The molecule has 1 saturated heterocycles. The van der Waals surface area contributed by atoms with E-state index in [-0.39, 0.29) is 23.8 Å². The Morgan fingerprint density at radius 3 is 2.41 bits per heavy atom. The van der Waals surface area contributed by atoms with E-state index in [2.05, 4.69) is 0 Å². The summed E-state index contributed by atoms with van der Waals surface area (Å²) in [6.45, 7) is 0. The Morgan fingerprint density at radius 2 is 1.69 bits per heavy atom. The molecule has 0 spiro atoms. The van der Waals surface area contributed by atoms with E-state index in [0.29, 0.717) is 18.4 Å². The Morgan fingerprint density at radius 1 is 0.938 bits per heavy atom. The van der Waals surface area contributed by atoms with E-state index in [9.17, 15) is 23.5 Å². The second kappa shape index (κ2) is 7.47. The van der Waals surface area contributed by atoms with Crippen LogP contribution in [0.1, 0.15) is 46.4 Å². The average Bonchev–Trinajstić information content (AvgIpc) is 2.81. The molecule has 2 aliphatic rings. The molecule has 164 valence electrons. The molecule has 3 atom stereocenters. The molecule has 8 heteroatoms. The van der Waals surface area contributed by atoms with Crippen molar-refractivity contribution in [3.8, 4) is 5.75 Å². The van der Waals surface area contributed by atoms with Gasteiger partial charge in [0.15, 0.2) is 23.1 Å². The summed E-state index contributed by atoms with van der Waals surface area (Å²) in [6, 6.07) is 14.3. The van der Waals surface area contributed by atoms with Gasteiger partial charge in [-0.3, -0.25) is 19.3 Å². The summed E-state index contributed by atoms with van der Waals surface area (Å²) in [5.74, 6) is -3.09. The van der Waals surface area contributed by atoms with Crippen LogP contribution >= 0.6 is 0 Å². The van der Waals surface area contributed by atoms with Gasteiger partial charge >= 0.3 is 0 Å². The van der Waals surface area contributed by atoms with Crippen LogP contribution in [0.5, 0.6) is 5.75 Å². The molecule has 3 aromatic rings. The van der Waals surface area contributed by atoms with E-state index in [4.69, 9.17) is 0 Å². The Kier molecular flexibility index (Phi) is 4.73. The van der Waals surface area contributed by atoms with E-state index in [1.54, 1.807) is 13.1 Å². The number of benzene rings is 2. The number of carbonyl (C=O) groups is 1. The highest BCUT2D eigenvalue weighted by Crippen LogP contribution is 2.46. The average molecular weight is 437 g/mol. The molecular formula is C24H21F2N3O3. The molecule has 0 aliphatic carbocycles. The standard InChI is InChI=1S/C24H21F2N3O3/c1-27-20-10-8-16(15-7-9-17(25)18(26)13-15)21(14-5-3-2-4-6-14)29(20)28-12-11-19(30)23(31)22(28)24(27)32/h2-7,9,11-13,16,20-21,31H,8,10H2,1H3. The van der Waals surface area contributed by atoms with E-state index in [1.165, 1.54) is 27.9 Å². The first-order valence-electron chi connectivity index (χ1n) is 10.4. The molecule has 3 unspecified atom stereocenters. The smallest absolute Gasteiger partial charge is 0.277 e. The summed E-state index contributed by atoms with van der Waals surface area (Å²) in [4.78, 5) is 26.6. The molecule has 0 bridgehead atoms. The molecule has 32 heavy (non-hydrogen) atoms. The number of piperidine rings is 1. The van der Waals surface area contributed by atoms with Crippen LogP contribution in [0.2, 0.25) is 0 Å². The lowest BCUT2D eigenvalue weighted by molar-refractivity contribution is 0.0533. The van der Waals surface area contributed by atoms with Gasteiger partial charge in [0.2, 0.25) is 5.43 Å². The van der Waals surface area contributed by atoms with Crippen LogP contribution in [0.3, 0.4) is 0 Å².